The highest BCUT2D eigenvalue weighted by atomic mass is 32.2. The minimum absolute atomic E-state index is 0.170. The lowest BCUT2D eigenvalue weighted by atomic mass is 10.1. The molecular weight excluding hydrogens is 388 g/mol. The summed E-state index contributed by atoms with van der Waals surface area (Å²) >= 11 is 1.44. The van der Waals surface area contributed by atoms with Crippen molar-refractivity contribution < 1.29 is 9.59 Å². The van der Waals surface area contributed by atoms with Crippen LogP contribution in [0, 0.1) is 0 Å². The second-order valence-corrected chi connectivity index (χ2v) is 7.47. The number of anilines is 1. The van der Waals surface area contributed by atoms with Gasteiger partial charge < -0.3 is 10.2 Å². The number of hydrogen-bond acceptors (Lipinski definition) is 6. The lowest BCUT2D eigenvalue weighted by molar-refractivity contribution is -0.128. The summed E-state index contributed by atoms with van der Waals surface area (Å²) in [5.41, 5.74) is 2.90. The Hall–Kier alpha value is -3.20. The van der Waals surface area contributed by atoms with E-state index in [9.17, 15) is 9.59 Å². The molecule has 1 aromatic heterocycles. The van der Waals surface area contributed by atoms with E-state index < -0.39 is 0 Å². The van der Waals surface area contributed by atoms with Crippen LogP contribution in [0.3, 0.4) is 0 Å². The zero-order valence-electron chi connectivity index (χ0n) is 15.9. The van der Waals surface area contributed by atoms with Crippen LogP contribution in [0.1, 0.15) is 28.8 Å². The molecule has 0 radical (unpaired) electrons. The van der Waals surface area contributed by atoms with E-state index in [2.05, 4.69) is 20.8 Å². The maximum Gasteiger partial charge on any atom is 0.255 e. The molecule has 148 valence electrons. The quantitative estimate of drug-likeness (QED) is 0.631. The Morgan fingerprint density at radius 2 is 2.07 bits per heavy atom. The fraction of sp³-hybridized carbons (Fsp3) is 0.250. The molecule has 0 aliphatic carbocycles. The number of aromatic nitrogens is 4. The molecule has 1 aliphatic heterocycles. The van der Waals surface area contributed by atoms with Crippen molar-refractivity contribution in [1.29, 1.82) is 0 Å². The summed E-state index contributed by atoms with van der Waals surface area (Å²) in [4.78, 5) is 26.4. The Morgan fingerprint density at radius 1 is 1.21 bits per heavy atom. The summed E-state index contributed by atoms with van der Waals surface area (Å²) in [5.74, 6) is -0.0394. The van der Waals surface area contributed by atoms with E-state index in [0.717, 1.165) is 24.2 Å². The first-order valence-corrected chi connectivity index (χ1v) is 10.5. The predicted molar refractivity (Wildman–Crippen MR) is 110 cm³/mol. The Balaban J connectivity index is 1.49. The van der Waals surface area contributed by atoms with E-state index in [0.29, 0.717) is 29.4 Å². The van der Waals surface area contributed by atoms with Crippen LogP contribution in [0.2, 0.25) is 0 Å². The number of hydrogen-bond donors (Lipinski definition) is 1. The number of tetrazole rings is 1. The molecule has 2 amide bonds. The molecule has 1 aliphatic rings. The van der Waals surface area contributed by atoms with Crippen molar-refractivity contribution in [3.05, 3.63) is 59.7 Å². The third-order valence-corrected chi connectivity index (χ3v) is 5.33. The molecule has 8 nitrogen and oxygen atoms in total. The van der Waals surface area contributed by atoms with Gasteiger partial charge in [-0.25, -0.2) is 0 Å². The monoisotopic (exact) mass is 408 g/mol. The number of nitrogens with zero attached hydrogens (tertiary/aromatic N) is 5. The number of benzene rings is 2. The Morgan fingerprint density at radius 3 is 2.86 bits per heavy atom. The topological polar surface area (TPSA) is 93.0 Å². The van der Waals surface area contributed by atoms with Crippen LogP contribution in [-0.2, 0) is 11.3 Å². The molecule has 0 spiro atoms. The Labute approximate surface area is 172 Å². The maximum absolute atomic E-state index is 12.7. The molecule has 3 aromatic rings. The Bertz CT molecular complexity index is 1050. The van der Waals surface area contributed by atoms with Crippen molar-refractivity contribution in [3.8, 4) is 5.69 Å². The fourth-order valence-corrected chi connectivity index (χ4v) is 3.72. The van der Waals surface area contributed by atoms with Crippen molar-refractivity contribution in [3.63, 3.8) is 0 Å². The molecule has 2 aromatic carbocycles. The molecule has 4 rings (SSSR count). The summed E-state index contributed by atoms with van der Waals surface area (Å²) in [7, 11) is 0. The first-order chi connectivity index (χ1) is 14.1. The van der Waals surface area contributed by atoms with E-state index in [1.807, 2.05) is 53.6 Å². The van der Waals surface area contributed by atoms with Crippen LogP contribution < -0.4 is 5.32 Å². The zero-order chi connectivity index (χ0) is 20.2. The molecule has 29 heavy (non-hydrogen) atoms. The molecule has 0 saturated carbocycles. The second kappa shape index (κ2) is 8.44. The van der Waals surface area contributed by atoms with Crippen LogP contribution in [-0.4, -0.2) is 49.7 Å². The van der Waals surface area contributed by atoms with Gasteiger partial charge in [0.25, 0.3) is 5.91 Å². The first-order valence-electron chi connectivity index (χ1n) is 9.25. The van der Waals surface area contributed by atoms with Gasteiger partial charge in [0, 0.05) is 30.8 Å². The predicted octanol–water partition coefficient (Wildman–Crippen LogP) is 2.76. The third-order valence-electron chi connectivity index (χ3n) is 4.71. The van der Waals surface area contributed by atoms with Crippen LogP contribution >= 0.6 is 11.8 Å². The summed E-state index contributed by atoms with van der Waals surface area (Å²) < 4.78 is 1.62. The molecule has 2 heterocycles. The lowest BCUT2D eigenvalue weighted by Crippen LogP contribution is -2.24. The molecular formula is C20H20N6O2S. The van der Waals surface area contributed by atoms with Crippen molar-refractivity contribution in [1.82, 2.24) is 25.1 Å². The third kappa shape index (κ3) is 4.29. The molecule has 0 atom stereocenters. The molecule has 0 bridgehead atoms. The van der Waals surface area contributed by atoms with E-state index >= 15 is 0 Å². The highest BCUT2D eigenvalue weighted by Crippen LogP contribution is 2.20. The van der Waals surface area contributed by atoms with Crippen molar-refractivity contribution >= 4 is 29.3 Å². The summed E-state index contributed by atoms with van der Waals surface area (Å²) in [6, 6.07) is 14.7. The van der Waals surface area contributed by atoms with E-state index in [1.165, 1.54) is 11.8 Å². The van der Waals surface area contributed by atoms with Gasteiger partial charge in [-0.05, 0) is 59.0 Å². The number of carbonyl (C=O) groups excluding carboxylic acids is 2. The van der Waals surface area contributed by atoms with Crippen molar-refractivity contribution in [2.45, 2.75) is 24.5 Å². The first kappa shape index (κ1) is 19.1. The van der Waals surface area contributed by atoms with Crippen LogP contribution in [0.4, 0.5) is 5.69 Å². The number of thioether (sulfide) groups is 1. The van der Waals surface area contributed by atoms with Gasteiger partial charge in [-0.3, -0.25) is 9.59 Å². The Kier molecular flexibility index (Phi) is 5.57. The van der Waals surface area contributed by atoms with Gasteiger partial charge in [-0.2, -0.15) is 4.68 Å². The molecule has 1 N–H and O–H groups in total. The van der Waals surface area contributed by atoms with E-state index in [1.54, 1.807) is 10.7 Å². The average molecular weight is 408 g/mol. The summed E-state index contributed by atoms with van der Waals surface area (Å²) in [6.45, 7) is 1.31. The standard InChI is InChI=1S/C20H20N6O2S/c1-29-20-22-23-24-26(20)17-8-3-7-16(12-17)21-19(28)15-6-2-5-14(11-15)13-25-10-4-9-18(25)27/h2-3,5-8,11-12H,4,9-10,13H2,1H3,(H,21,28). The largest absolute Gasteiger partial charge is 0.338 e. The minimum Gasteiger partial charge on any atom is -0.338 e. The molecule has 0 unspecified atom stereocenters. The van der Waals surface area contributed by atoms with Gasteiger partial charge in [0.2, 0.25) is 11.1 Å². The van der Waals surface area contributed by atoms with Crippen molar-refractivity contribution in [2.75, 3.05) is 18.1 Å². The number of carbonyl (C=O) groups is 2. The SMILES string of the molecule is CSc1nnnn1-c1cccc(NC(=O)c2cccc(CN3CCCC3=O)c2)c1. The summed E-state index contributed by atoms with van der Waals surface area (Å²) in [6.07, 6.45) is 3.40. The number of nitrogens with one attached hydrogen (secondary N) is 1. The number of likely N-dealkylation sites (tertiary alicyclic amines) is 1. The van der Waals surface area contributed by atoms with Gasteiger partial charge in [0.05, 0.1) is 5.69 Å². The van der Waals surface area contributed by atoms with Crippen molar-refractivity contribution in [2.24, 2.45) is 0 Å². The zero-order valence-corrected chi connectivity index (χ0v) is 16.7. The van der Waals surface area contributed by atoms with Crippen LogP contribution in [0.5, 0.6) is 0 Å². The van der Waals surface area contributed by atoms with Crippen LogP contribution in [0.25, 0.3) is 5.69 Å². The average Bonchev–Trinajstić information content (AvgIpc) is 3.37. The fourth-order valence-electron chi connectivity index (χ4n) is 3.29. The normalized spacial score (nSPS) is 13.7. The van der Waals surface area contributed by atoms with E-state index in [-0.39, 0.29) is 11.8 Å². The highest BCUT2D eigenvalue weighted by molar-refractivity contribution is 7.98. The van der Waals surface area contributed by atoms with E-state index in [4.69, 9.17) is 0 Å². The van der Waals surface area contributed by atoms with Gasteiger partial charge in [0.1, 0.15) is 0 Å². The van der Waals surface area contributed by atoms with Gasteiger partial charge in [-0.1, -0.05) is 30.0 Å². The smallest absolute Gasteiger partial charge is 0.255 e. The van der Waals surface area contributed by atoms with Gasteiger partial charge >= 0.3 is 0 Å². The maximum atomic E-state index is 12.7. The lowest BCUT2D eigenvalue weighted by Gasteiger charge is -2.16. The molecule has 1 fully saturated rings. The second-order valence-electron chi connectivity index (χ2n) is 6.70. The van der Waals surface area contributed by atoms with Crippen LogP contribution in [0.15, 0.2) is 53.7 Å². The number of rotatable bonds is 6. The minimum atomic E-state index is -0.210. The highest BCUT2D eigenvalue weighted by Gasteiger charge is 2.20. The molecule has 1 saturated heterocycles. The summed E-state index contributed by atoms with van der Waals surface area (Å²) in [5, 5.41) is 15.2. The van der Waals surface area contributed by atoms with Gasteiger partial charge in [-0.15, -0.1) is 5.10 Å². The number of amides is 2. The van der Waals surface area contributed by atoms with Gasteiger partial charge in [0.15, 0.2) is 0 Å². The molecule has 9 heteroatoms.